The van der Waals surface area contributed by atoms with Gasteiger partial charge >= 0.3 is 6.18 Å². The second-order valence-corrected chi connectivity index (χ2v) is 5.61. The molecule has 3 nitrogen and oxygen atoms in total. The largest absolute Gasteiger partial charge is 0.428 e. The van der Waals surface area contributed by atoms with E-state index in [1.165, 1.54) is 0 Å². The molecule has 0 saturated carbocycles. The van der Waals surface area contributed by atoms with E-state index in [9.17, 15) is 13.2 Å². The molecule has 0 aliphatic carbocycles. The molecule has 132 valence electrons. The number of halogens is 3. The van der Waals surface area contributed by atoms with Crippen molar-refractivity contribution in [3.05, 3.63) is 35.9 Å². The molecule has 0 heterocycles. The van der Waals surface area contributed by atoms with Crippen molar-refractivity contribution < 1.29 is 18.0 Å². The van der Waals surface area contributed by atoms with Gasteiger partial charge < -0.3 is 4.84 Å². The fraction of sp³-hybridized carbons (Fsp3) is 0.556. The fourth-order valence-corrected chi connectivity index (χ4v) is 2.24. The van der Waals surface area contributed by atoms with E-state index in [1.54, 1.807) is 36.4 Å². The average Bonchev–Trinajstić information content (AvgIpc) is 2.56. The van der Waals surface area contributed by atoms with Crippen molar-refractivity contribution in [1.29, 1.82) is 5.26 Å². The normalized spacial score (nSPS) is 13.4. The second kappa shape index (κ2) is 10.7. The fourth-order valence-electron chi connectivity index (χ4n) is 2.24. The smallest absolute Gasteiger partial charge is 0.382 e. The van der Waals surface area contributed by atoms with Gasteiger partial charge in [0.15, 0.2) is 5.71 Å². The Labute approximate surface area is 141 Å². The third-order valence-corrected chi connectivity index (χ3v) is 3.61. The summed E-state index contributed by atoms with van der Waals surface area (Å²) < 4.78 is 39.1. The molecule has 0 fully saturated rings. The molecule has 1 aromatic carbocycles. The van der Waals surface area contributed by atoms with E-state index < -0.39 is 12.3 Å². The topological polar surface area (TPSA) is 45.4 Å². The maximum Gasteiger partial charge on any atom is 0.428 e. The van der Waals surface area contributed by atoms with Gasteiger partial charge in [-0.3, -0.25) is 0 Å². The Kier molecular flexibility index (Phi) is 8.92. The predicted molar refractivity (Wildman–Crippen MR) is 87.5 cm³/mol. The molecule has 1 unspecified atom stereocenters. The molecule has 6 heteroatoms. The Hall–Kier alpha value is -2.03. The monoisotopic (exact) mass is 340 g/mol. The number of nitriles is 1. The number of alkyl halides is 3. The zero-order valence-electron chi connectivity index (χ0n) is 13.9. The van der Waals surface area contributed by atoms with Gasteiger partial charge in [0.25, 0.3) is 0 Å². The number of unbranched alkanes of at least 4 members (excludes halogenated alkanes) is 5. The first kappa shape index (κ1) is 20.0. The molecule has 1 rings (SSSR count). The minimum absolute atomic E-state index is 0.146. The summed E-state index contributed by atoms with van der Waals surface area (Å²) in [4.78, 5) is 4.68. The molecule has 0 aliphatic rings. The second-order valence-electron chi connectivity index (χ2n) is 5.61. The molecule has 0 radical (unpaired) electrons. The summed E-state index contributed by atoms with van der Waals surface area (Å²) in [6, 6.07) is 10.1. The number of hydrogen-bond acceptors (Lipinski definition) is 3. The number of oxime groups is 1. The molecule has 1 atom stereocenters. The van der Waals surface area contributed by atoms with Gasteiger partial charge in [-0.2, -0.15) is 18.4 Å². The summed E-state index contributed by atoms with van der Waals surface area (Å²) in [5.41, 5.74) is 0.272. The van der Waals surface area contributed by atoms with Crippen molar-refractivity contribution in [3.63, 3.8) is 0 Å². The van der Waals surface area contributed by atoms with Gasteiger partial charge in [0.05, 0.1) is 0 Å². The van der Waals surface area contributed by atoms with Crippen LogP contribution in [-0.2, 0) is 4.84 Å². The molecule has 0 bridgehead atoms. The first-order valence-electron chi connectivity index (χ1n) is 8.25. The van der Waals surface area contributed by atoms with Gasteiger partial charge in [0.2, 0.25) is 6.10 Å². The summed E-state index contributed by atoms with van der Waals surface area (Å²) >= 11 is 0. The highest BCUT2D eigenvalue weighted by Gasteiger charge is 2.41. The maximum atomic E-state index is 13.0. The number of rotatable bonds is 10. The minimum atomic E-state index is -4.50. The highest BCUT2D eigenvalue weighted by atomic mass is 19.4. The highest BCUT2D eigenvalue weighted by Crippen LogP contribution is 2.27. The van der Waals surface area contributed by atoms with Crippen LogP contribution in [0.5, 0.6) is 0 Å². The molecule has 0 aliphatic heterocycles. The van der Waals surface area contributed by atoms with Crippen LogP contribution >= 0.6 is 0 Å². The van der Waals surface area contributed by atoms with Gasteiger partial charge in [-0.1, -0.05) is 74.5 Å². The van der Waals surface area contributed by atoms with Crippen LogP contribution in [0.1, 0.15) is 57.4 Å². The van der Waals surface area contributed by atoms with Crippen molar-refractivity contribution in [1.82, 2.24) is 0 Å². The third kappa shape index (κ3) is 7.49. The van der Waals surface area contributed by atoms with E-state index in [1.807, 2.05) is 0 Å². The Balaban J connectivity index is 2.60. The number of benzene rings is 1. The summed E-state index contributed by atoms with van der Waals surface area (Å²) in [6.07, 6.45) is -1.29. The van der Waals surface area contributed by atoms with Crippen LogP contribution in [-0.4, -0.2) is 18.0 Å². The van der Waals surface area contributed by atoms with E-state index in [-0.39, 0.29) is 12.1 Å². The van der Waals surface area contributed by atoms with Gasteiger partial charge in [-0.05, 0) is 12.8 Å². The average molecular weight is 340 g/mol. The Bertz CT molecular complexity index is 535. The lowest BCUT2D eigenvalue weighted by atomic mass is 10.1. The van der Waals surface area contributed by atoms with E-state index in [2.05, 4.69) is 16.9 Å². The molecule has 0 saturated heterocycles. The van der Waals surface area contributed by atoms with Gasteiger partial charge in [0.1, 0.15) is 6.07 Å². The van der Waals surface area contributed by atoms with E-state index in [0.29, 0.717) is 12.0 Å². The van der Waals surface area contributed by atoms with Crippen LogP contribution in [0.25, 0.3) is 0 Å². The number of hydrogen-bond donors (Lipinski definition) is 0. The summed E-state index contributed by atoms with van der Waals surface area (Å²) in [5.74, 6) is 0. The first-order valence-corrected chi connectivity index (χ1v) is 8.25. The van der Waals surface area contributed by atoms with Crippen molar-refractivity contribution in [2.24, 2.45) is 5.16 Å². The van der Waals surface area contributed by atoms with E-state index >= 15 is 0 Å². The molecule has 1 aromatic rings. The van der Waals surface area contributed by atoms with Gasteiger partial charge in [-0.25, -0.2) is 0 Å². The predicted octanol–water partition coefficient (Wildman–Crippen LogP) is 5.61. The zero-order chi connectivity index (χ0) is 17.8. The summed E-state index contributed by atoms with van der Waals surface area (Å²) in [6.45, 7) is 2.09. The van der Waals surface area contributed by atoms with E-state index in [0.717, 1.165) is 32.1 Å². The van der Waals surface area contributed by atoms with Crippen molar-refractivity contribution in [2.75, 3.05) is 0 Å². The molecular weight excluding hydrogens is 317 g/mol. The SMILES string of the molecule is CCCCCCCCC(ON=C(C#N)c1ccccc1)C(F)(F)F. The lowest BCUT2D eigenvalue weighted by molar-refractivity contribution is -0.222. The molecule has 0 aromatic heterocycles. The summed E-state index contributed by atoms with van der Waals surface area (Å²) in [7, 11) is 0. The highest BCUT2D eigenvalue weighted by molar-refractivity contribution is 6.11. The summed E-state index contributed by atoms with van der Waals surface area (Å²) in [5, 5.41) is 12.5. The van der Waals surface area contributed by atoms with E-state index in [4.69, 9.17) is 5.26 Å². The van der Waals surface area contributed by atoms with Crippen LogP contribution in [0.3, 0.4) is 0 Å². The van der Waals surface area contributed by atoms with Crippen LogP contribution in [0.4, 0.5) is 13.2 Å². The molecule has 0 N–H and O–H groups in total. The van der Waals surface area contributed by atoms with Crippen molar-refractivity contribution in [2.45, 2.75) is 64.1 Å². The molecule has 24 heavy (non-hydrogen) atoms. The Morgan fingerprint density at radius 1 is 1.12 bits per heavy atom. The van der Waals surface area contributed by atoms with Crippen molar-refractivity contribution in [3.8, 4) is 6.07 Å². The maximum absolute atomic E-state index is 13.0. The van der Waals surface area contributed by atoms with Crippen LogP contribution in [0.2, 0.25) is 0 Å². The van der Waals surface area contributed by atoms with Crippen molar-refractivity contribution >= 4 is 5.71 Å². The zero-order valence-corrected chi connectivity index (χ0v) is 13.9. The molecule has 0 spiro atoms. The van der Waals surface area contributed by atoms with Gasteiger partial charge in [0, 0.05) is 5.56 Å². The third-order valence-electron chi connectivity index (χ3n) is 3.61. The molecular formula is C18H23F3N2O. The Morgan fingerprint density at radius 3 is 2.33 bits per heavy atom. The van der Waals surface area contributed by atoms with Crippen LogP contribution in [0.15, 0.2) is 35.5 Å². The lowest BCUT2D eigenvalue weighted by Gasteiger charge is -2.18. The minimum Gasteiger partial charge on any atom is -0.382 e. The Morgan fingerprint density at radius 2 is 1.75 bits per heavy atom. The van der Waals surface area contributed by atoms with Gasteiger partial charge in [-0.15, -0.1) is 0 Å². The van der Waals surface area contributed by atoms with Crippen LogP contribution in [0, 0.1) is 11.3 Å². The first-order chi connectivity index (χ1) is 11.5. The number of nitrogens with zero attached hydrogens (tertiary/aromatic N) is 2. The molecule has 0 amide bonds. The lowest BCUT2D eigenvalue weighted by Crippen LogP contribution is -2.30. The standard InChI is InChI=1S/C18H23F3N2O/c1-2-3-4-5-6-10-13-17(18(19,20)21)24-23-16(14-22)15-11-8-7-9-12-15/h7-9,11-12,17H,2-6,10,13H2,1H3. The quantitative estimate of drug-likeness (QED) is 0.315. The van der Waals surface area contributed by atoms with Crippen LogP contribution < -0.4 is 0 Å².